The summed E-state index contributed by atoms with van der Waals surface area (Å²) in [6.45, 7) is 1.17. The van der Waals surface area contributed by atoms with Crippen molar-refractivity contribution in [2.45, 2.75) is 44.1 Å². The van der Waals surface area contributed by atoms with Crippen molar-refractivity contribution in [3.63, 3.8) is 0 Å². The highest BCUT2D eigenvalue weighted by atomic mass is 16.6. The Kier molecular flexibility index (Phi) is 3.57. The van der Waals surface area contributed by atoms with Crippen LogP contribution in [0.25, 0.3) is 0 Å². The van der Waals surface area contributed by atoms with Crippen molar-refractivity contribution in [1.29, 1.82) is 0 Å². The largest absolute Gasteiger partial charge is 0.486 e. The highest BCUT2D eigenvalue weighted by molar-refractivity contribution is 5.78. The Morgan fingerprint density at radius 1 is 1.04 bits per heavy atom. The average molecular weight is 343 g/mol. The van der Waals surface area contributed by atoms with Crippen LogP contribution in [0.1, 0.15) is 38.5 Å². The molecular weight excluding hydrogens is 318 g/mol. The molecule has 1 amide bonds. The van der Waals surface area contributed by atoms with Crippen molar-refractivity contribution in [3.05, 3.63) is 18.2 Å². The van der Waals surface area contributed by atoms with E-state index in [4.69, 9.17) is 14.2 Å². The summed E-state index contributed by atoms with van der Waals surface area (Å²) in [7, 11) is 0. The third-order valence-corrected chi connectivity index (χ3v) is 6.33. The van der Waals surface area contributed by atoms with Crippen LogP contribution in [0.4, 0.5) is 0 Å². The Hall–Kier alpha value is -1.91. The third kappa shape index (κ3) is 2.94. The lowest BCUT2D eigenvalue weighted by Gasteiger charge is -2.56. The molecule has 1 aromatic rings. The van der Waals surface area contributed by atoms with Crippen LogP contribution in [0.2, 0.25) is 0 Å². The van der Waals surface area contributed by atoms with Gasteiger partial charge in [-0.3, -0.25) is 4.79 Å². The Bertz CT molecular complexity index is 651. The minimum atomic E-state index is -0.00293. The van der Waals surface area contributed by atoms with Gasteiger partial charge in [0.15, 0.2) is 18.1 Å². The van der Waals surface area contributed by atoms with Gasteiger partial charge in [-0.25, -0.2) is 0 Å². The number of hydrogen-bond donors (Lipinski definition) is 1. The molecule has 1 N–H and O–H groups in total. The van der Waals surface area contributed by atoms with Gasteiger partial charge in [-0.1, -0.05) is 0 Å². The first-order valence-electron chi connectivity index (χ1n) is 9.51. The summed E-state index contributed by atoms with van der Waals surface area (Å²) in [5.41, 5.74) is 0.0436. The average Bonchev–Trinajstić information content (AvgIpc) is 2.58. The van der Waals surface area contributed by atoms with E-state index in [2.05, 4.69) is 5.32 Å². The second-order valence-corrected chi connectivity index (χ2v) is 8.34. The van der Waals surface area contributed by atoms with Gasteiger partial charge in [-0.15, -0.1) is 0 Å². The van der Waals surface area contributed by atoms with Crippen molar-refractivity contribution in [1.82, 2.24) is 5.32 Å². The van der Waals surface area contributed by atoms with E-state index in [0.29, 0.717) is 24.7 Å². The van der Waals surface area contributed by atoms with Crippen molar-refractivity contribution in [3.8, 4) is 17.2 Å². The molecule has 4 bridgehead atoms. The zero-order valence-electron chi connectivity index (χ0n) is 14.5. The molecule has 0 unspecified atom stereocenters. The molecule has 1 aliphatic heterocycles. The van der Waals surface area contributed by atoms with Crippen molar-refractivity contribution < 1.29 is 19.0 Å². The normalized spacial score (nSPS) is 34.6. The van der Waals surface area contributed by atoms with Gasteiger partial charge in [-0.05, 0) is 68.4 Å². The van der Waals surface area contributed by atoms with E-state index >= 15 is 0 Å². The summed E-state index contributed by atoms with van der Waals surface area (Å²) in [5, 5.41) is 3.34. The third-order valence-electron chi connectivity index (χ3n) is 6.33. The topological polar surface area (TPSA) is 56.8 Å². The standard InChI is InChI=1S/C20H25NO4/c22-19(12-25-16-1-2-17-18(8-16)24-4-3-23-17)21-20-9-13-5-14(10-20)7-15(6-13)11-20/h1-2,8,13-15H,3-7,9-12H2,(H,21,22). The molecule has 5 heteroatoms. The first-order chi connectivity index (χ1) is 12.2. The number of carbonyl (C=O) groups excluding carboxylic acids is 1. The van der Waals surface area contributed by atoms with Crippen LogP contribution in [-0.4, -0.2) is 31.3 Å². The lowest BCUT2D eigenvalue weighted by atomic mass is 9.53. The first-order valence-corrected chi connectivity index (χ1v) is 9.51. The summed E-state index contributed by atoms with van der Waals surface area (Å²) >= 11 is 0. The Balaban J connectivity index is 1.20. The zero-order chi connectivity index (χ0) is 16.9. The second kappa shape index (κ2) is 5.82. The smallest absolute Gasteiger partial charge is 0.258 e. The van der Waals surface area contributed by atoms with Gasteiger partial charge in [0.1, 0.15) is 19.0 Å². The molecule has 1 aromatic carbocycles. The van der Waals surface area contributed by atoms with E-state index in [-0.39, 0.29) is 18.1 Å². The van der Waals surface area contributed by atoms with Gasteiger partial charge in [0.25, 0.3) is 5.91 Å². The van der Waals surface area contributed by atoms with E-state index in [1.54, 1.807) is 6.07 Å². The lowest BCUT2D eigenvalue weighted by molar-refractivity contribution is -0.128. The predicted molar refractivity (Wildman–Crippen MR) is 92.0 cm³/mol. The molecule has 134 valence electrons. The minimum Gasteiger partial charge on any atom is -0.486 e. The summed E-state index contributed by atoms with van der Waals surface area (Å²) in [6, 6.07) is 5.46. The summed E-state index contributed by atoms with van der Waals surface area (Å²) in [6.07, 6.45) is 7.62. The van der Waals surface area contributed by atoms with Crippen molar-refractivity contribution >= 4 is 5.91 Å². The first kappa shape index (κ1) is 15.4. The number of rotatable bonds is 4. The van der Waals surface area contributed by atoms with Crippen LogP contribution in [-0.2, 0) is 4.79 Å². The number of fused-ring (bicyclic) bond motifs is 1. The van der Waals surface area contributed by atoms with E-state index in [1.807, 2.05) is 12.1 Å². The highest BCUT2D eigenvalue weighted by Crippen LogP contribution is 2.55. The van der Waals surface area contributed by atoms with Gasteiger partial charge in [-0.2, -0.15) is 0 Å². The molecular formula is C20H25NO4. The second-order valence-electron chi connectivity index (χ2n) is 8.34. The Morgan fingerprint density at radius 3 is 2.36 bits per heavy atom. The molecule has 5 aliphatic rings. The van der Waals surface area contributed by atoms with Crippen LogP contribution < -0.4 is 19.5 Å². The number of amides is 1. The summed E-state index contributed by atoms with van der Waals surface area (Å²) in [4.78, 5) is 12.5. The number of benzene rings is 1. The molecule has 0 spiro atoms. The highest BCUT2D eigenvalue weighted by Gasteiger charge is 2.51. The zero-order valence-corrected chi connectivity index (χ0v) is 14.5. The molecule has 4 fully saturated rings. The molecule has 0 radical (unpaired) electrons. The van der Waals surface area contributed by atoms with Crippen molar-refractivity contribution in [2.24, 2.45) is 17.8 Å². The Labute approximate surface area is 148 Å². The lowest BCUT2D eigenvalue weighted by Crippen LogP contribution is -2.60. The van der Waals surface area contributed by atoms with Gasteiger partial charge in [0, 0.05) is 11.6 Å². The predicted octanol–water partition coefficient (Wildman–Crippen LogP) is 2.92. The van der Waals surface area contributed by atoms with E-state index in [9.17, 15) is 4.79 Å². The molecule has 0 atom stereocenters. The van der Waals surface area contributed by atoms with Crippen LogP contribution in [0.5, 0.6) is 17.2 Å². The maximum Gasteiger partial charge on any atom is 0.258 e. The van der Waals surface area contributed by atoms with Crippen LogP contribution in [0.3, 0.4) is 0 Å². The van der Waals surface area contributed by atoms with Crippen molar-refractivity contribution in [2.75, 3.05) is 19.8 Å². The molecule has 0 saturated heterocycles. The van der Waals surface area contributed by atoms with Gasteiger partial charge in [0.2, 0.25) is 0 Å². The molecule has 25 heavy (non-hydrogen) atoms. The van der Waals surface area contributed by atoms with Gasteiger partial charge < -0.3 is 19.5 Å². The Morgan fingerprint density at radius 2 is 1.68 bits per heavy atom. The van der Waals surface area contributed by atoms with Crippen LogP contribution in [0.15, 0.2) is 18.2 Å². The van der Waals surface area contributed by atoms with E-state index in [0.717, 1.165) is 42.8 Å². The molecule has 6 rings (SSSR count). The number of hydrogen-bond acceptors (Lipinski definition) is 4. The number of nitrogens with one attached hydrogen (secondary N) is 1. The number of ether oxygens (including phenoxy) is 3. The minimum absolute atomic E-state index is 0.00293. The molecule has 1 heterocycles. The SMILES string of the molecule is O=C(COc1ccc2c(c1)OCCO2)NC12CC3CC(CC(C3)C1)C2. The fourth-order valence-electron chi connectivity index (χ4n) is 5.86. The maximum absolute atomic E-state index is 12.5. The van der Waals surface area contributed by atoms with E-state index in [1.165, 1.54) is 19.3 Å². The van der Waals surface area contributed by atoms with Crippen LogP contribution >= 0.6 is 0 Å². The fraction of sp³-hybridized carbons (Fsp3) is 0.650. The maximum atomic E-state index is 12.5. The summed E-state index contributed by atoms with van der Waals surface area (Å²) < 4.78 is 16.8. The summed E-state index contributed by atoms with van der Waals surface area (Å²) in [5.74, 6) is 4.53. The molecule has 4 saturated carbocycles. The van der Waals surface area contributed by atoms with Gasteiger partial charge >= 0.3 is 0 Å². The molecule has 5 nitrogen and oxygen atoms in total. The van der Waals surface area contributed by atoms with E-state index < -0.39 is 0 Å². The monoisotopic (exact) mass is 343 g/mol. The van der Waals surface area contributed by atoms with Gasteiger partial charge in [0.05, 0.1) is 0 Å². The van der Waals surface area contributed by atoms with Crippen LogP contribution in [0, 0.1) is 17.8 Å². The quantitative estimate of drug-likeness (QED) is 0.913. The molecule has 0 aromatic heterocycles. The number of carbonyl (C=O) groups is 1. The molecule has 4 aliphatic carbocycles. The fourth-order valence-corrected chi connectivity index (χ4v) is 5.86.